The average Bonchev–Trinajstić information content (AvgIpc) is 2.73. The first-order valence-corrected chi connectivity index (χ1v) is 9.85. The van der Waals surface area contributed by atoms with Gasteiger partial charge in [-0.05, 0) is 37.1 Å². The number of nitrogens with one attached hydrogen (secondary N) is 1. The van der Waals surface area contributed by atoms with Gasteiger partial charge in [-0.1, -0.05) is 36.4 Å². The summed E-state index contributed by atoms with van der Waals surface area (Å²) in [4.78, 5) is 24.6. The predicted octanol–water partition coefficient (Wildman–Crippen LogP) is 3.78. The van der Waals surface area contributed by atoms with Crippen molar-refractivity contribution in [2.24, 2.45) is 0 Å². The van der Waals surface area contributed by atoms with E-state index in [1.807, 2.05) is 24.3 Å². The number of anilines is 3. The number of carbonyl (C=O) groups is 1. The minimum absolute atomic E-state index is 0.683. The second-order valence-corrected chi connectivity index (χ2v) is 7.43. The Morgan fingerprint density at radius 2 is 1.59 bits per heavy atom. The molecule has 2 heterocycles. The van der Waals surface area contributed by atoms with Crippen LogP contribution in [0.2, 0.25) is 0 Å². The number of aryl methyl sites for hydroxylation is 2. The summed E-state index contributed by atoms with van der Waals surface area (Å²) in [6.07, 6.45) is 0.908. The number of rotatable bonds is 5. The third kappa shape index (κ3) is 4.54. The first-order chi connectivity index (χ1) is 14.1. The Kier molecular flexibility index (Phi) is 5.42. The van der Waals surface area contributed by atoms with E-state index >= 15 is 0 Å². The maximum atomic E-state index is 11.0. The molecule has 0 spiro atoms. The highest BCUT2D eigenvalue weighted by atomic mass is 16.1. The summed E-state index contributed by atoms with van der Waals surface area (Å²) < 4.78 is 0. The number of benzene rings is 2. The first-order valence-electron chi connectivity index (χ1n) is 9.85. The van der Waals surface area contributed by atoms with Crippen molar-refractivity contribution >= 4 is 23.9 Å². The smallest absolute Gasteiger partial charge is 0.228 e. The molecule has 0 unspecified atom stereocenters. The summed E-state index contributed by atoms with van der Waals surface area (Å²) in [6, 6.07) is 18.5. The van der Waals surface area contributed by atoms with E-state index in [0.717, 1.165) is 42.3 Å². The third-order valence-electron chi connectivity index (χ3n) is 5.02. The van der Waals surface area contributed by atoms with E-state index in [1.54, 1.807) is 4.90 Å². The lowest BCUT2D eigenvalue weighted by Gasteiger charge is -2.32. The molecule has 0 saturated carbocycles. The van der Waals surface area contributed by atoms with Gasteiger partial charge >= 0.3 is 0 Å². The topological polar surface area (TPSA) is 61.4 Å². The molecule has 1 amide bonds. The van der Waals surface area contributed by atoms with Crippen LogP contribution in [0.25, 0.3) is 11.3 Å². The SMILES string of the molecule is Cc1cc(C)cc(Nc2cc(-c3ccccc3)nc(N3CCN(C=O)CC3)n2)c1. The maximum Gasteiger partial charge on any atom is 0.228 e. The van der Waals surface area contributed by atoms with E-state index < -0.39 is 0 Å². The molecule has 4 rings (SSSR count). The monoisotopic (exact) mass is 387 g/mol. The fourth-order valence-corrected chi connectivity index (χ4v) is 3.62. The van der Waals surface area contributed by atoms with Gasteiger partial charge in [-0.15, -0.1) is 0 Å². The lowest BCUT2D eigenvalue weighted by Crippen LogP contribution is -2.46. The molecule has 1 aromatic heterocycles. The van der Waals surface area contributed by atoms with Crippen LogP contribution in [0.3, 0.4) is 0 Å². The van der Waals surface area contributed by atoms with Crippen molar-refractivity contribution in [2.45, 2.75) is 13.8 Å². The Morgan fingerprint density at radius 3 is 2.24 bits per heavy atom. The molecule has 3 aromatic rings. The van der Waals surface area contributed by atoms with Gasteiger partial charge in [0.2, 0.25) is 12.4 Å². The molecule has 1 saturated heterocycles. The van der Waals surface area contributed by atoms with Gasteiger partial charge in [-0.25, -0.2) is 4.98 Å². The molecule has 2 aromatic carbocycles. The molecule has 1 N–H and O–H groups in total. The Bertz CT molecular complexity index is 977. The average molecular weight is 387 g/mol. The highest BCUT2D eigenvalue weighted by Gasteiger charge is 2.19. The van der Waals surface area contributed by atoms with E-state index in [-0.39, 0.29) is 0 Å². The van der Waals surface area contributed by atoms with Crippen molar-refractivity contribution in [1.82, 2.24) is 14.9 Å². The molecule has 0 radical (unpaired) electrons. The number of piperazine rings is 1. The van der Waals surface area contributed by atoms with Gasteiger partial charge in [-0.3, -0.25) is 4.79 Å². The summed E-state index contributed by atoms with van der Waals surface area (Å²) >= 11 is 0. The van der Waals surface area contributed by atoms with Crippen LogP contribution in [0, 0.1) is 13.8 Å². The molecule has 1 aliphatic rings. The van der Waals surface area contributed by atoms with Crippen molar-refractivity contribution in [3.8, 4) is 11.3 Å². The molecule has 1 fully saturated rings. The van der Waals surface area contributed by atoms with Gasteiger partial charge in [0.25, 0.3) is 0 Å². The van der Waals surface area contributed by atoms with E-state index in [9.17, 15) is 4.79 Å². The molecule has 29 heavy (non-hydrogen) atoms. The zero-order chi connectivity index (χ0) is 20.2. The van der Waals surface area contributed by atoms with Crippen molar-refractivity contribution < 1.29 is 4.79 Å². The van der Waals surface area contributed by atoms with Crippen LogP contribution >= 0.6 is 0 Å². The zero-order valence-corrected chi connectivity index (χ0v) is 16.8. The highest BCUT2D eigenvalue weighted by Crippen LogP contribution is 2.26. The maximum absolute atomic E-state index is 11.0. The van der Waals surface area contributed by atoms with Gasteiger partial charge in [0.15, 0.2) is 0 Å². The van der Waals surface area contributed by atoms with Gasteiger partial charge < -0.3 is 15.1 Å². The molecule has 1 aliphatic heterocycles. The molecule has 0 aliphatic carbocycles. The van der Waals surface area contributed by atoms with Crippen LogP contribution in [-0.2, 0) is 4.79 Å². The summed E-state index contributed by atoms with van der Waals surface area (Å²) in [5, 5.41) is 3.45. The molecular weight excluding hydrogens is 362 g/mol. The van der Waals surface area contributed by atoms with Gasteiger partial charge in [-0.2, -0.15) is 4.98 Å². The van der Waals surface area contributed by atoms with Crippen molar-refractivity contribution in [3.05, 3.63) is 65.7 Å². The van der Waals surface area contributed by atoms with Crippen LogP contribution in [0.15, 0.2) is 54.6 Å². The summed E-state index contributed by atoms with van der Waals surface area (Å²) in [6.45, 7) is 6.99. The van der Waals surface area contributed by atoms with E-state index in [4.69, 9.17) is 9.97 Å². The van der Waals surface area contributed by atoms with Crippen LogP contribution in [-0.4, -0.2) is 47.5 Å². The zero-order valence-electron chi connectivity index (χ0n) is 16.8. The largest absolute Gasteiger partial charge is 0.342 e. The van der Waals surface area contributed by atoms with Crippen molar-refractivity contribution in [2.75, 3.05) is 36.4 Å². The number of aromatic nitrogens is 2. The van der Waals surface area contributed by atoms with Crippen LogP contribution in [0.4, 0.5) is 17.5 Å². The summed E-state index contributed by atoms with van der Waals surface area (Å²) in [7, 11) is 0. The number of amides is 1. The molecule has 0 bridgehead atoms. The Morgan fingerprint density at radius 1 is 0.897 bits per heavy atom. The Hall–Kier alpha value is -3.41. The molecule has 0 atom stereocenters. The molecule has 6 heteroatoms. The highest BCUT2D eigenvalue weighted by molar-refractivity contribution is 5.68. The minimum atomic E-state index is 0.683. The van der Waals surface area contributed by atoms with Gasteiger partial charge in [0, 0.05) is 43.5 Å². The fraction of sp³-hybridized carbons (Fsp3) is 0.261. The second kappa shape index (κ2) is 8.31. The van der Waals surface area contributed by atoms with E-state index in [2.05, 4.69) is 54.4 Å². The van der Waals surface area contributed by atoms with Gasteiger partial charge in [0.05, 0.1) is 5.69 Å². The van der Waals surface area contributed by atoms with Crippen LogP contribution in [0.5, 0.6) is 0 Å². The number of hydrogen-bond donors (Lipinski definition) is 1. The number of hydrogen-bond acceptors (Lipinski definition) is 5. The molecule has 148 valence electrons. The summed E-state index contributed by atoms with van der Waals surface area (Å²) in [5.74, 6) is 1.44. The molecular formula is C23H25N5O. The van der Waals surface area contributed by atoms with Crippen LogP contribution in [0.1, 0.15) is 11.1 Å². The Balaban J connectivity index is 1.69. The standard InChI is InChI=1S/C23H25N5O/c1-17-12-18(2)14-20(13-17)24-22-15-21(19-6-4-3-5-7-19)25-23(26-22)28-10-8-27(16-29)9-11-28/h3-7,12-16H,8-11H2,1-2H3,(H,24,25,26). The number of nitrogens with zero attached hydrogens (tertiary/aromatic N) is 4. The lowest BCUT2D eigenvalue weighted by molar-refractivity contribution is -0.118. The van der Waals surface area contributed by atoms with Gasteiger partial charge in [0.1, 0.15) is 5.82 Å². The second-order valence-electron chi connectivity index (χ2n) is 7.43. The lowest BCUT2D eigenvalue weighted by atomic mass is 10.1. The summed E-state index contributed by atoms with van der Waals surface area (Å²) in [5.41, 5.74) is 5.34. The van der Waals surface area contributed by atoms with E-state index in [1.165, 1.54) is 11.1 Å². The first kappa shape index (κ1) is 18.9. The van der Waals surface area contributed by atoms with Crippen molar-refractivity contribution in [1.29, 1.82) is 0 Å². The minimum Gasteiger partial charge on any atom is -0.342 e. The normalized spacial score (nSPS) is 14.0. The Labute approximate surface area is 171 Å². The predicted molar refractivity (Wildman–Crippen MR) is 117 cm³/mol. The quantitative estimate of drug-likeness (QED) is 0.675. The number of carbonyl (C=O) groups excluding carboxylic acids is 1. The fourth-order valence-electron chi connectivity index (χ4n) is 3.62. The van der Waals surface area contributed by atoms with Crippen molar-refractivity contribution in [3.63, 3.8) is 0 Å². The van der Waals surface area contributed by atoms with Crippen LogP contribution < -0.4 is 10.2 Å². The third-order valence-corrected chi connectivity index (χ3v) is 5.02. The van der Waals surface area contributed by atoms with E-state index in [0.29, 0.717) is 19.0 Å². The molecule has 6 nitrogen and oxygen atoms in total.